The molecule has 0 N–H and O–H groups in total. The molecule has 2 rings (SSSR count). The van der Waals surface area contributed by atoms with Crippen LogP contribution in [0.25, 0.3) is 0 Å². The molecule has 118 valence electrons. The summed E-state index contributed by atoms with van der Waals surface area (Å²) in [6.07, 6.45) is 4.23. The van der Waals surface area contributed by atoms with E-state index in [9.17, 15) is 4.79 Å². The molecule has 22 heavy (non-hydrogen) atoms. The maximum Gasteiger partial charge on any atom is 0.509 e. The lowest BCUT2D eigenvalue weighted by molar-refractivity contribution is -0.0135. The molecule has 1 aromatic carbocycles. The van der Waals surface area contributed by atoms with Gasteiger partial charge >= 0.3 is 6.16 Å². The minimum absolute atomic E-state index is 0.629. The molecule has 1 aliphatic rings. The van der Waals surface area contributed by atoms with Gasteiger partial charge in [-0.05, 0) is 30.9 Å². The fourth-order valence-corrected chi connectivity index (χ4v) is 4.48. The highest BCUT2D eigenvalue weighted by Gasteiger charge is 2.35. The van der Waals surface area contributed by atoms with E-state index in [0.717, 1.165) is 25.7 Å². The van der Waals surface area contributed by atoms with Crippen LogP contribution in [0.5, 0.6) is 0 Å². The first-order valence-electron chi connectivity index (χ1n) is 7.84. The lowest BCUT2D eigenvalue weighted by Gasteiger charge is -2.31. The highest BCUT2D eigenvalue weighted by molar-refractivity contribution is 6.96. The van der Waals surface area contributed by atoms with Crippen molar-refractivity contribution >= 4 is 19.4 Å². The summed E-state index contributed by atoms with van der Waals surface area (Å²) in [6, 6.07) is 10.4. The molecule has 0 amide bonds. The van der Waals surface area contributed by atoms with Crippen LogP contribution in [0.1, 0.15) is 32.1 Å². The number of carbonyl (C=O) groups is 1. The average molecular weight is 316 g/mol. The number of hydrogen-bond donors (Lipinski definition) is 0. The molecule has 0 aliphatic heterocycles. The van der Waals surface area contributed by atoms with Gasteiger partial charge in [0.2, 0.25) is 0 Å². The molecule has 0 atom stereocenters. The van der Waals surface area contributed by atoms with Crippen LogP contribution in [0.3, 0.4) is 0 Å². The predicted octanol–water partition coefficient (Wildman–Crippen LogP) is 3.63. The van der Waals surface area contributed by atoms with Crippen molar-refractivity contribution in [2.45, 2.75) is 50.8 Å². The minimum atomic E-state index is -1.86. The smallest absolute Gasteiger partial charge is 0.438 e. The molecule has 1 aliphatic carbocycles. The van der Waals surface area contributed by atoms with Crippen LogP contribution in [0.15, 0.2) is 30.3 Å². The first kappa shape index (κ1) is 16.6. The SMILES string of the molecule is COC(=O)OC1(C#C[Si](C)(C)c2ccccc2)CCCCC1. The number of ether oxygens (including phenoxy) is 2. The second kappa shape index (κ2) is 7.02. The second-order valence-electron chi connectivity index (χ2n) is 6.35. The first-order valence-corrected chi connectivity index (χ1v) is 10.8. The largest absolute Gasteiger partial charge is 0.509 e. The maximum atomic E-state index is 11.6. The van der Waals surface area contributed by atoms with Crippen molar-refractivity contribution in [2.75, 3.05) is 7.11 Å². The highest BCUT2D eigenvalue weighted by Crippen LogP contribution is 2.31. The Bertz CT molecular complexity index is 563. The number of hydrogen-bond acceptors (Lipinski definition) is 3. The van der Waals surface area contributed by atoms with Gasteiger partial charge < -0.3 is 9.47 Å². The molecule has 0 saturated heterocycles. The molecule has 1 aromatic rings. The van der Waals surface area contributed by atoms with E-state index in [-0.39, 0.29) is 0 Å². The van der Waals surface area contributed by atoms with Crippen LogP contribution >= 0.6 is 0 Å². The summed E-state index contributed by atoms with van der Waals surface area (Å²) < 4.78 is 10.2. The van der Waals surface area contributed by atoms with Gasteiger partial charge in [0.1, 0.15) is 0 Å². The first-order chi connectivity index (χ1) is 10.5. The molecule has 3 nitrogen and oxygen atoms in total. The third kappa shape index (κ3) is 4.14. The van der Waals surface area contributed by atoms with Crippen molar-refractivity contribution in [1.82, 2.24) is 0 Å². The van der Waals surface area contributed by atoms with Crippen molar-refractivity contribution in [3.8, 4) is 11.5 Å². The Balaban J connectivity index is 2.25. The van der Waals surface area contributed by atoms with E-state index in [4.69, 9.17) is 4.74 Å². The van der Waals surface area contributed by atoms with E-state index in [0.29, 0.717) is 0 Å². The number of benzene rings is 1. The molecule has 0 aromatic heterocycles. The summed E-state index contributed by atoms with van der Waals surface area (Å²) in [5.74, 6) is 3.33. The monoisotopic (exact) mass is 316 g/mol. The lowest BCUT2D eigenvalue weighted by Crippen LogP contribution is -2.42. The van der Waals surface area contributed by atoms with Crippen LogP contribution in [-0.4, -0.2) is 26.9 Å². The predicted molar refractivity (Wildman–Crippen MR) is 90.6 cm³/mol. The number of methoxy groups -OCH3 is 1. The van der Waals surface area contributed by atoms with Crippen LogP contribution in [0.2, 0.25) is 13.1 Å². The summed E-state index contributed by atoms with van der Waals surface area (Å²) >= 11 is 0. The standard InChI is InChI=1S/C18H24O3Si/c1-20-17(19)21-18(12-8-5-9-13-18)14-15-22(2,3)16-10-6-4-7-11-16/h4,6-7,10-11H,5,8-9,12-13H2,1-3H3. The Labute approximate surface area is 134 Å². The Kier molecular flexibility index (Phi) is 5.31. The van der Waals surface area contributed by atoms with Gasteiger partial charge in [0, 0.05) is 0 Å². The van der Waals surface area contributed by atoms with Gasteiger partial charge in [0.15, 0.2) is 13.7 Å². The molecule has 0 radical (unpaired) electrons. The number of rotatable bonds is 2. The molecular formula is C18H24O3Si. The molecule has 0 unspecified atom stereocenters. The van der Waals surface area contributed by atoms with Crippen molar-refractivity contribution in [3.63, 3.8) is 0 Å². The molecule has 1 saturated carbocycles. The topological polar surface area (TPSA) is 35.5 Å². The van der Waals surface area contributed by atoms with E-state index >= 15 is 0 Å². The fourth-order valence-electron chi connectivity index (χ4n) is 2.77. The Morgan fingerprint density at radius 1 is 1.14 bits per heavy atom. The van der Waals surface area contributed by atoms with Gasteiger partial charge in [0.05, 0.1) is 7.11 Å². The Hall–Kier alpha value is -1.73. The molecule has 0 bridgehead atoms. The molecule has 0 spiro atoms. The summed E-state index contributed by atoms with van der Waals surface area (Å²) in [6.45, 7) is 4.45. The summed E-state index contributed by atoms with van der Waals surface area (Å²) in [4.78, 5) is 11.6. The van der Waals surface area contributed by atoms with E-state index < -0.39 is 19.8 Å². The molecule has 4 heteroatoms. The molecule has 1 fully saturated rings. The molecule has 0 heterocycles. The zero-order valence-electron chi connectivity index (χ0n) is 13.6. The Morgan fingerprint density at radius 2 is 1.77 bits per heavy atom. The van der Waals surface area contributed by atoms with Gasteiger partial charge in [-0.3, -0.25) is 0 Å². The zero-order chi connectivity index (χ0) is 16.1. The lowest BCUT2D eigenvalue weighted by atomic mass is 9.85. The summed E-state index contributed by atoms with van der Waals surface area (Å²) in [7, 11) is -0.523. The van der Waals surface area contributed by atoms with Gasteiger partial charge in [0.25, 0.3) is 0 Å². The normalized spacial score (nSPS) is 17.0. The van der Waals surface area contributed by atoms with E-state index in [2.05, 4.69) is 41.4 Å². The van der Waals surface area contributed by atoms with Crippen molar-refractivity contribution < 1.29 is 14.3 Å². The quantitative estimate of drug-likeness (QED) is 0.475. The second-order valence-corrected chi connectivity index (χ2v) is 10.4. The van der Waals surface area contributed by atoms with E-state index in [1.165, 1.54) is 18.7 Å². The van der Waals surface area contributed by atoms with Crippen LogP contribution in [-0.2, 0) is 9.47 Å². The minimum Gasteiger partial charge on any atom is -0.438 e. The van der Waals surface area contributed by atoms with Crippen LogP contribution in [0, 0.1) is 11.5 Å². The van der Waals surface area contributed by atoms with E-state index in [1.54, 1.807) is 0 Å². The summed E-state index contributed by atoms with van der Waals surface area (Å²) in [5, 5.41) is 1.30. The third-order valence-corrected chi connectivity index (χ3v) is 6.73. The van der Waals surface area contributed by atoms with Crippen LogP contribution in [0.4, 0.5) is 4.79 Å². The average Bonchev–Trinajstić information content (AvgIpc) is 2.55. The number of carbonyl (C=O) groups excluding carboxylic acids is 1. The van der Waals surface area contributed by atoms with Gasteiger partial charge in [-0.2, -0.15) is 0 Å². The van der Waals surface area contributed by atoms with Crippen molar-refractivity contribution in [1.29, 1.82) is 0 Å². The van der Waals surface area contributed by atoms with Crippen LogP contribution < -0.4 is 5.19 Å². The highest BCUT2D eigenvalue weighted by atomic mass is 28.3. The Morgan fingerprint density at radius 3 is 2.36 bits per heavy atom. The van der Waals surface area contributed by atoms with Gasteiger partial charge in [-0.15, -0.1) is 5.54 Å². The molecular weight excluding hydrogens is 292 g/mol. The maximum absolute atomic E-state index is 11.6. The van der Waals surface area contributed by atoms with Crippen molar-refractivity contribution in [2.24, 2.45) is 0 Å². The fraction of sp³-hybridized carbons (Fsp3) is 0.500. The summed E-state index contributed by atoms with van der Waals surface area (Å²) in [5.41, 5.74) is 2.81. The van der Waals surface area contributed by atoms with Gasteiger partial charge in [-0.25, -0.2) is 4.79 Å². The van der Waals surface area contributed by atoms with Crippen molar-refractivity contribution in [3.05, 3.63) is 30.3 Å². The third-order valence-electron chi connectivity index (χ3n) is 4.20. The van der Waals surface area contributed by atoms with E-state index in [1.807, 2.05) is 18.2 Å². The van der Waals surface area contributed by atoms with Gasteiger partial charge in [-0.1, -0.05) is 55.8 Å². The zero-order valence-corrected chi connectivity index (χ0v) is 14.6.